The van der Waals surface area contributed by atoms with Gasteiger partial charge in [-0.15, -0.1) is 11.3 Å². The normalized spacial score (nSPS) is 11.0. The van der Waals surface area contributed by atoms with Gasteiger partial charge in [0.25, 0.3) is 0 Å². The average Bonchev–Trinajstić information content (AvgIpc) is 2.83. The molecule has 0 saturated carbocycles. The zero-order valence-corrected chi connectivity index (χ0v) is 9.16. The molecule has 2 aromatic heterocycles. The van der Waals surface area contributed by atoms with E-state index < -0.39 is 0 Å². The number of hydrogen-bond donors (Lipinski definition) is 0. The minimum atomic E-state index is 1.06. The van der Waals surface area contributed by atoms with Gasteiger partial charge in [-0.25, -0.2) is 4.98 Å². The van der Waals surface area contributed by atoms with Crippen LogP contribution in [-0.2, 0) is 0 Å². The van der Waals surface area contributed by atoms with Crippen molar-refractivity contribution in [2.45, 2.75) is 6.92 Å². The summed E-state index contributed by atoms with van der Waals surface area (Å²) in [7, 11) is 0. The Labute approximate surface area is 91.8 Å². The largest absolute Gasteiger partial charge is 0.294 e. The SMILES string of the molecule is Cc1c(-c2ccccc2)nc2sccn12. The summed E-state index contributed by atoms with van der Waals surface area (Å²) in [5, 5.41) is 2.06. The second kappa shape index (κ2) is 3.21. The van der Waals surface area contributed by atoms with Crippen molar-refractivity contribution in [3.63, 3.8) is 0 Å². The second-order valence-electron chi connectivity index (χ2n) is 3.47. The van der Waals surface area contributed by atoms with E-state index in [4.69, 9.17) is 0 Å². The first-order valence-electron chi connectivity index (χ1n) is 4.84. The van der Waals surface area contributed by atoms with E-state index in [1.807, 2.05) is 18.2 Å². The van der Waals surface area contributed by atoms with Gasteiger partial charge in [-0.2, -0.15) is 0 Å². The van der Waals surface area contributed by atoms with Gasteiger partial charge in [0.15, 0.2) is 4.96 Å². The van der Waals surface area contributed by atoms with Gasteiger partial charge in [-0.3, -0.25) is 4.40 Å². The molecule has 2 nitrogen and oxygen atoms in total. The number of nitrogens with zero attached hydrogens (tertiary/aromatic N) is 2. The van der Waals surface area contributed by atoms with E-state index in [2.05, 4.69) is 40.0 Å². The predicted molar refractivity (Wildman–Crippen MR) is 63.2 cm³/mol. The smallest absolute Gasteiger partial charge is 0.194 e. The van der Waals surface area contributed by atoms with Crippen LogP contribution in [0.1, 0.15) is 5.69 Å². The third kappa shape index (κ3) is 1.27. The van der Waals surface area contributed by atoms with Crippen molar-refractivity contribution in [1.82, 2.24) is 9.38 Å². The lowest BCUT2D eigenvalue weighted by Gasteiger charge is -1.97. The van der Waals surface area contributed by atoms with Gasteiger partial charge in [0.1, 0.15) is 0 Å². The number of hydrogen-bond acceptors (Lipinski definition) is 2. The van der Waals surface area contributed by atoms with Gasteiger partial charge in [-0.05, 0) is 6.92 Å². The van der Waals surface area contributed by atoms with Crippen molar-refractivity contribution >= 4 is 16.3 Å². The first kappa shape index (κ1) is 8.68. The van der Waals surface area contributed by atoms with Crippen molar-refractivity contribution in [3.8, 4) is 11.3 Å². The van der Waals surface area contributed by atoms with Gasteiger partial charge in [-0.1, -0.05) is 30.3 Å². The van der Waals surface area contributed by atoms with E-state index in [1.54, 1.807) is 11.3 Å². The molecule has 0 saturated heterocycles. The number of thiazole rings is 1. The van der Waals surface area contributed by atoms with Crippen LogP contribution in [0, 0.1) is 6.92 Å². The first-order valence-corrected chi connectivity index (χ1v) is 5.72. The van der Waals surface area contributed by atoms with Gasteiger partial charge < -0.3 is 0 Å². The number of rotatable bonds is 1. The van der Waals surface area contributed by atoms with Crippen molar-refractivity contribution in [1.29, 1.82) is 0 Å². The highest BCUT2D eigenvalue weighted by molar-refractivity contribution is 7.15. The molecular weight excluding hydrogens is 204 g/mol. The lowest BCUT2D eigenvalue weighted by Crippen LogP contribution is -1.83. The van der Waals surface area contributed by atoms with Crippen molar-refractivity contribution in [2.75, 3.05) is 0 Å². The van der Waals surface area contributed by atoms with Crippen molar-refractivity contribution in [2.24, 2.45) is 0 Å². The number of benzene rings is 1. The van der Waals surface area contributed by atoms with Gasteiger partial charge >= 0.3 is 0 Å². The molecule has 1 aromatic carbocycles. The van der Waals surface area contributed by atoms with E-state index in [-0.39, 0.29) is 0 Å². The Balaban J connectivity index is 2.27. The number of aromatic nitrogens is 2. The molecule has 0 bridgehead atoms. The molecule has 3 rings (SSSR count). The summed E-state index contributed by atoms with van der Waals surface area (Å²) in [4.78, 5) is 5.69. The molecule has 0 aliphatic carbocycles. The zero-order chi connectivity index (χ0) is 10.3. The Morgan fingerprint density at radius 1 is 1.20 bits per heavy atom. The van der Waals surface area contributed by atoms with Gasteiger partial charge in [0, 0.05) is 22.8 Å². The molecule has 15 heavy (non-hydrogen) atoms. The third-order valence-electron chi connectivity index (χ3n) is 2.55. The summed E-state index contributed by atoms with van der Waals surface area (Å²) in [6.07, 6.45) is 2.06. The maximum Gasteiger partial charge on any atom is 0.194 e. The van der Waals surface area contributed by atoms with Crippen LogP contribution < -0.4 is 0 Å². The molecule has 3 aromatic rings. The van der Waals surface area contributed by atoms with Crippen LogP contribution in [0.2, 0.25) is 0 Å². The quantitative estimate of drug-likeness (QED) is 0.607. The Morgan fingerprint density at radius 3 is 2.73 bits per heavy atom. The van der Waals surface area contributed by atoms with Crippen molar-refractivity contribution in [3.05, 3.63) is 47.6 Å². The summed E-state index contributed by atoms with van der Waals surface area (Å²) in [6, 6.07) is 10.3. The molecule has 0 spiro atoms. The Hall–Kier alpha value is -1.61. The molecule has 0 amide bonds. The van der Waals surface area contributed by atoms with Gasteiger partial charge in [0.05, 0.1) is 5.69 Å². The fourth-order valence-corrected chi connectivity index (χ4v) is 2.53. The second-order valence-corrected chi connectivity index (χ2v) is 4.34. The maximum atomic E-state index is 4.62. The van der Waals surface area contributed by atoms with E-state index in [0.29, 0.717) is 0 Å². The molecule has 2 heterocycles. The molecule has 0 N–H and O–H groups in total. The lowest BCUT2D eigenvalue weighted by atomic mass is 10.1. The topological polar surface area (TPSA) is 17.3 Å². The van der Waals surface area contributed by atoms with E-state index >= 15 is 0 Å². The molecule has 0 fully saturated rings. The predicted octanol–water partition coefficient (Wildman–Crippen LogP) is 3.37. The van der Waals surface area contributed by atoms with Crippen LogP contribution in [0.4, 0.5) is 0 Å². The molecule has 74 valence electrons. The Kier molecular flexibility index (Phi) is 1.86. The zero-order valence-electron chi connectivity index (χ0n) is 8.34. The molecule has 0 unspecified atom stereocenters. The molecule has 0 aliphatic heterocycles. The highest BCUT2D eigenvalue weighted by Gasteiger charge is 2.09. The Morgan fingerprint density at radius 2 is 2.00 bits per heavy atom. The van der Waals surface area contributed by atoms with Crippen LogP contribution >= 0.6 is 11.3 Å². The van der Waals surface area contributed by atoms with Crippen LogP contribution in [0.15, 0.2) is 41.9 Å². The highest BCUT2D eigenvalue weighted by atomic mass is 32.1. The molecular formula is C12H10N2S. The lowest BCUT2D eigenvalue weighted by molar-refractivity contribution is 1.14. The van der Waals surface area contributed by atoms with E-state index in [9.17, 15) is 0 Å². The number of imidazole rings is 1. The fraction of sp³-hybridized carbons (Fsp3) is 0.0833. The molecule has 3 heteroatoms. The summed E-state index contributed by atoms with van der Waals surface area (Å²) in [5.41, 5.74) is 3.48. The van der Waals surface area contributed by atoms with E-state index in [1.165, 1.54) is 11.3 Å². The van der Waals surface area contributed by atoms with Crippen LogP contribution in [0.5, 0.6) is 0 Å². The maximum absolute atomic E-state index is 4.62. The molecule has 0 atom stereocenters. The standard InChI is InChI=1S/C12H10N2S/c1-9-11(10-5-3-2-4-6-10)13-12-14(9)7-8-15-12/h2-8H,1H3. The fourth-order valence-electron chi connectivity index (χ4n) is 1.77. The van der Waals surface area contributed by atoms with Crippen molar-refractivity contribution < 1.29 is 0 Å². The Bertz CT molecular complexity index is 592. The van der Waals surface area contributed by atoms with Gasteiger partial charge in [0.2, 0.25) is 0 Å². The number of aryl methyl sites for hydroxylation is 1. The minimum absolute atomic E-state index is 1.06. The van der Waals surface area contributed by atoms with Crippen LogP contribution in [0.25, 0.3) is 16.2 Å². The van der Waals surface area contributed by atoms with E-state index in [0.717, 1.165) is 10.7 Å². The van der Waals surface area contributed by atoms with Crippen LogP contribution in [-0.4, -0.2) is 9.38 Å². The monoisotopic (exact) mass is 214 g/mol. The van der Waals surface area contributed by atoms with Crippen LogP contribution in [0.3, 0.4) is 0 Å². The third-order valence-corrected chi connectivity index (χ3v) is 3.30. The summed E-state index contributed by atoms with van der Waals surface area (Å²) in [6.45, 7) is 2.11. The molecule has 0 radical (unpaired) electrons. The first-order chi connectivity index (χ1) is 7.36. The summed E-state index contributed by atoms with van der Waals surface area (Å²) < 4.78 is 2.13. The molecule has 0 aliphatic rings. The highest BCUT2D eigenvalue weighted by Crippen LogP contribution is 2.25. The summed E-state index contributed by atoms with van der Waals surface area (Å²) in [5.74, 6) is 0. The average molecular weight is 214 g/mol. The number of fused-ring (bicyclic) bond motifs is 1. The summed E-state index contributed by atoms with van der Waals surface area (Å²) >= 11 is 1.67. The minimum Gasteiger partial charge on any atom is -0.294 e.